The maximum Gasteiger partial charge on any atom is 0.338 e. The van der Waals surface area contributed by atoms with E-state index in [4.69, 9.17) is 33.3 Å². The van der Waals surface area contributed by atoms with Gasteiger partial charge in [0.1, 0.15) is 5.75 Å². The molecule has 0 bridgehead atoms. The van der Waals surface area contributed by atoms with Gasteiger partial charge in [0, 0.05) is 45.0 Å². The van der Waals surface area contributed by atoms with E-state index in [0.717, 1.165) is 27.7 Å². The van der Waals surface area contributed by atoms with Crippen LogP contribution >= 0.6 is 23.8 Å². The van der Waals surface area contributed by atoms with Crippen molar-refractivity contribution in [2.75, 3.05) is 13.2 Å². The topological polar surface area (TPSA) is 106 Å². The second-order valence-corrected chi connectivity index (χ2v) is 11.0. The Balaban J connectivity index is 1.29. The molecule has 1 atom stereocenters. The number of allylic oxidation sites excluding steroid dienone is 1. The van der Waals surface area contributed by atoms with Gasteiger partial charge in [-0.3, -0.25) is 4.79 Å². The van der Waals surface area contributed by atoms with E-state index in [0.29, 0.717) is 39.3 Å². The third kappa shape index (κ3) is 6.77. The number of carbonyl (C=O) groups is 2. The van der Waals surface area contributed by atoms with Crippen LogP contribution in [0.5, 0.6) is 5.75 Å². The Kier molecular flexibility index (Phi) is 9.62. The van der Waals surface area contributed by atoms with E-state index in [2.05, 4.69) is 31.8 Å². The molecule has 0 saturated carbocycles. The van der Waals surface area contributed by atoms with E-state index < -0.39 is 17.9 Å². The summed E-state index contributed by atoms with van der Waals surface area (Å²) in [5.74, 6) is -0.488. The first kappa shape index (κ1) is 30.8. The summed E-state index contributed by atoms with van der Waals surface area (Å²) >= 11 is 11.4. The minimum Gasteiger partial charge on any atom is -0.483 e. The van der Waals surface area contributed by atoms with Gasteiger partial charge in [-0.15, -0.1) is 0 Å². The molecule has 5 rings (SSSR count). The van der Waals surface area contributed by atoms with Gasteiger partial charge >= 0.3 is 5.97 Å². The van der Waals surface area contributed by atoms with Crippen molar-refractivity contribution in [3.63, 3.8) is 0 Å². The van der Waals surface area contributed by atoms with E-state index in [1.54, 1.807) is 32.2 Å². The normalized spacial score (nSPS) is 14.8. The predicted molar refractivity (Wildman–Crippen MR) is 176 cm³/mol. The Morgan fingerprint density at radius 2 is 1.80 bits per heavy atom. The number of nitrogens with zero attached hydrogens (tertiary/aromatic N) is 2. The van der Waals surface area contributed by atoms with Gasteiger partial charge in [0.2, 0.25) is 0 Å². The molecule has 0 radical (unpaired) electrons. The maximum absolute atomic E-state index is 12.8. The molecule has 0 fully saturated rings. The number of benzene rings is 3. The van der Waals surface area contributed by atoms with E-state index in [1.165, 1.54) is 0 Å². The fourth-order valence-electron chi connectivity index (χ4n) is 5.20. The summed E-state index contributed by atoms with van der Waals surface area (Å²) in [6.45, 7) is 6.14. The zero-order valence-corrected chi connectivity index (χ0v) is 26.1. The summed E-state index contributed by atoms with van der Waals surface area (Å²) in [5.41, 5.74) is 8.27. The van der Waals surface area contributed by atoms with Crippen molar-refractivity contribution >= 4 is 57.9 Å². The Bertz CT molecular complexity index is 1780. The SMILES string of the molecule is CCOC(=O)C1=C(C)NC(=S)N[C@H]1c1ccccc1OCC(=O)NN=Cc1c(C)n(Cc2ccc(Cl)cc2)c2ccccc12. The molecule has 3 aromatic carbocycles. The van der Waals surface area contributed by atoms with Gasteiger partial charge in [-0.1, -0.05) is 60.1 Å². The lowest BCUT2D eigenvalue weighted by Crippen LogP contribution is -2.45. The minimum absolute atomic E-state index is 0.230. The number of thiocarbonyl (C=S) groups is 1. The minimum atomic E-state index is -0.617. The van der Waals surface area contributed by atoms with Crippen LogP contribution in [0.15, 0.2) is 89.2 Å². The van der Waals surface area contributed by atoms with Crippen LogP contribution in [-0.4, -0.2) is 41.0 Å². The molecule has 4 aromatic rings. The molecule has 3 N–H and O–H groups in total. The monoisotopic (exact) mass is 629 g/mol. The standard InChI is InChI=1S/C33H32ClN5O4S/c1-4-42-32(41)30-20(2)36-33(44)37-31(30)25-10-6-8-12-28(25)43-19-29(40)38-35-17-26-21(3)39(27-11-7-5-9-24(26)27)18-22-13-15-23(34)16-14-22/h5-17,31H,4,18-19H2,1-3H3,(H,38,40)(H2,36,37,44)/t31-/m0/s1. The van der Waals surface area contributed by atoms with E-state index >= 15 is 0 Å². The molecule has 226 valence electrons. The van der Waals surface area contributed by atoms with Gasteiger partial charge in [0.25, 0.3) is 5.91 Å². The number of ether oxygens (including phenoxy) is 2. The van der Waals surface area contributed by atoms with Gasteiger partial charge in [0.05, 0.1) is 24.4 Å². The molecule has 0 spiro atoms. The van der Waals surface area contributed by atoms with Crippen LogP contribution < -0.4 is 20.8 Å². The van der Waals surface area contributed by atoms with Crippen LogP contribution in [0.4, 0.5) is 0 Å². The molecule has 0 aliphatic carbocycles. The Morgan fingerprint density at radius 1 is 1.07 bits per heavy atom. The van der Waals surface area contributed by atoms with Crippen LogP contribution in [0.25, 0.3) is 10.9 Å². The summed E-state index contributed by atoms with van der Waals surface area (Å²) in [5, 5.41) is 12.4. The van der Waals surface area contributed by atoms with Gasteiger partial charge < -0.3 is 24.7 Å². The largest absolute Gasteiger partial charge is 0.483 e. The van der Waals surface area contributed by atoms with Gasteiger partial charge in [-0.05, 0) is 62.8 Å². The van der Waals surface area contributed by atoms with Crippen LogP contribution in [0.2, 0.25) is 5.02 Å². The molecule has 0 unspecified atom stereocenters. The molecular weight excluding hydrogens is 598 g/mol. The van der Waals surface area contributed by atoms with Crippen LogP contribution in [0.3, 0.4) is 0 Å². The van der Waals surface area contributed by atoms with Crippen molar-refractivity contribution in [1.29, 1.82) is 0 Å². The van der Waals surface area contributed by atoms with E-state index in [-0.39, 0.29) is 13.2 Å². The molecule has 0 saturated heterocycles. The summed E-state index contributed by atoms with van der Waals surface area (Å²) in [6, 6.07) is 22.4. The van der Waals surface area contributed by atoms with Crippen molar-refractivity contribution in [3.8, 4) is 5.75 Å². The molecule has 9 nitrogen and oxygen atoms in total. The number of rotatable bonds is 10. The first-order valence-electron chi connectivity index (χ1n) is 14.1. The average Bonchev–Trinajstić information content (AvgIpc) is 3.27. The second-order valence-electron chi connectivity index (χ2n) is 10.1. The third-order valence-corrected chi connectivity index (χ3v) is 7.74. The van der Waals surface area contributed by atoms with Crippen molar-refractivity contribution in [3.05, 3.63) is 111 Å². The average molecular weight is 630 g/mol. The quantitative estimate of drug-likeness (QED) is 0.0916. The highest BCUT2D eigenvalue weighted by molar-refractivity contribution is 7.80. The van der Waals surface area contributed by atoms with E-state index in [9.17, 15) is 9.59 Å². The fraction of sp³-hybridized carbons (Fsp3) is 0.212. The van der Waals surface area contributed by atoms with Gasteiger partial charge in [-0.25, -0.2) is 10.2 Å². The van der Waals surface area contributed by atoms with Crippen molar-refractivity contribution in [2.24, 2.45) is 5.10 Å². The number of esters is 1. The molecule has 44 heavy (non-hydrogen) atoms. The van der Waals surface area contributed by atoms with Gasteiger partial charge in [0.15, 0.2) is 11.7 Å². The molecule has 11 heteroatoms. The highest BCUT2D eigenvalue weighted by atomic mass is 35.5. The first-order chi connectivity index (χ1) is 21.3. The van der Waals surface area contributed by atoms with Crippen molar-refractivity contribution in [1.82, 2.24) is 20.6 Å². The molecular formula is C33H32ClN5O4S. The second kappa shape index (κ2) is 13.7. The molecule has 1 aliphatic heterocycles. The molecule has 1 aromatic heterocycles. The predicted octanol–water partition coefficient (Wildman–Crippen LogP) is 5.54. The first-order valence-corrected chi connectivity index (χ1v) is 14.9. The number of nitrogens with one attached hydrogen (secondary N) is 3. The zero-order chi connectivity index (χ0) is 31.2. The molecule has 1 amide bonds. The number of aromatic nitrogens is 1. The zero-order valence-electron chi connectivity index (χ0n) is 24.5. The fourth-order valence-corrected chi connectivity index (χ4v) is 5.60. The number of halogens is 1. The van der Waals surface area contributed by atoms with Crippen LogP contribution in [0.1, 0.15) is 42.3 Å². The molecule has 2 heterocycles. The van der Waals surface area contributed by atoms with E-state index in [1.807, 2.05) is 61.5 Å². The number of amides is 1. The highest BCUT2D eigenvalue weighted by Crippen LogP contribution is 2.33. The lowest BCUT2D eigenvalue weighted by molar-refractivity contribution is -0.139. The third-order valence-electron chi connectivity index (χ3n) is 7.27. The summed E-state index contributed by atoms with van der Waals surface area (Å²) in [6.07, 6.45) is 1.65. The maximum atomic E-state index is 12.8. The number of fused-ring (bicyclic) bond motifs is 1. The number of hydrazone groups is 1. The number of carbonyl (C=O) groups excluding carboxylic acids is 2. The Labute approximate surface area is 265 Å². The lowest BCUT2D eigenvalue weighted by atomic mass is 9.95. The van der Waals surface area contributed by atoms with Crippen molar-refractivity contribution < 1.29 is 19.1 Å². The van der Waals surface area contributed by atoms with Gasteiger partial charge in [-0.2, -0.15) is 5.10 Å². The smallest absolute Gasteiger partial charge is 0.338 e. The summed E-state index contributed by atoms with van der Waals surface area (Å²) < 4.78 is 13.4. The van der Waals surface area contributed by atoms with Crippen LogP contribution in [0, 0.1) is 6.92 Å². The summed E-state index contributed by atoms with van der Waals surface area (Å²) in [4.78, 5) is 25.6. The Morgan fingerprint density at radius 3 is 2.57 bits per heavy atom. The number of para-hydroxylation sites is 2. The lowest BCUT2D eigenvalue weighted by Gasteiger charge is -2.30. The number of hydrogen-bond acceptors (Lipinski definition) is 6. The highest BCUT2D eigenvalue weighted by Gasteiger charge is 2.32. The summed E-state index contributed by atoms with van der Waals surface area (Å²) in [7, 11) is 0. The van der Waals surface area contributed by atoms with Crippen LogP contribution in [-0.2, 0) is 20.9 Å². The number of hydrogen-bond donors (Lipinski definition) is 3. The molecule has 1 aliphatic rings. The Hall–Kier alpha value is -4.67. The van der Waals surface area contributed by atoms with Crippen molar-refractivity contribution in [2.45, 2.75) is 33.4 Å².